The van der Waals surface area contributed by atoms with Crippen LogP contribution in [0.4, 0.5) is 5.69 Å². The minimum Gasteiger partial charge on any atom is -0.366 e. The Hall–Kier alpha value is -1.02. The zero-order chi connectivity index (χ0) is 11.7. The van der Waals surface area contributed by atoms with Crippen molar-refractivity contribution in [2.45, 2.75) is 56.7 Å². The van der Waals surface area contributed by atoms with Crippen LogP contribution >= 0.6 is 0 Å². The van der Waals surface area contributed by atoms with E-state index >= 15 is 0 Å². The van der Waals surface area contributed by atoms with Crippen LogP contribution in [0.15, 0.2) is 30.3 Å². The molecule has 2 saturated carbocycles. The predicted octanol–water partition coefficient (Wildman–Crippen LogP) is 2.93. The number of anilines is 1. The van der Waals surface area contributed by atoms with Gasteiger partial charge in [0.05, 0.1) is 0 Å². The van der Waals surface area contributed by atoms with Crippen LogP contribution < -0.4 is 10.6 Å². The van der Waals surface area contributed by atoms with Crippen LogP contribution in [-0.2, 0) is 0 Å². The highest BCUT2D eigenvalue weighted by molar-refractivity contribution is 5.49. The highest BCUT2D eigenvalue weighted by Gasteiger charge is 2.35. The number of para-hydroxylation sites is 1. The molecule has 17 heavy (non-hydrogen) atoms. The lowest BCUT2D eigenvalue weighted by atomic mass is 9.90. The van der Waals surface area contributed by atoms with Crippen molar-refractivity contribution in [2.75, 3.05) is 4.90 Å². The van der Waals surface area contributed by atoms with Crippen molar-refractivity contribution in [3.63, 3.8) is 0 Å². The van der Waals surface area contributed by atoms with E-state index in [-0.39, 0.29) is 0 Å². The van der Waals surface area contributed by atoms with Crippen LogP contribution in [0.2, 0.25) is 0 Å². The topological polar surface area (TPSA) is 29.3 Å². The van der Waals surface area contributed by atoms with Gasteiger partial charge >= 0.3 is 0 Å². The zero-order valence-electron chi connectivity index (χ0n) is 10.4. The normalized spacial score (nSPS) is 29.0. The fraction of sp³-hybridized carbons (Fsp3) is 0.600. The summed E-state index contributed by atoms with van der Waals surface area (Å²) in [4.78, 5) is 2.67. The molecule has 2 aliphatic rings. The lowest BCUT2D eigenvalue weighted by Crippen LogP contribution is -2.42. The van der Waals surface area contributed by atoms with Gasteiger partial charge in [0.15, 0.2) is 0 Å². The smallest absolute Gasteiger partial charge is 0.0371 e. The van der Waals surface area contributed by atoms with Crippen LogP contribution in [0.3, 0.4) is 0 Å². The first-order valence-electron chi connectivity index (χ1n) is 6.93. The number of benzene rings is 1. The summed E-state index contributed by atoms with van der Waals surface area (Å²) in [6, 6.07) is 12.9. The van der Waals surface area contributed by atoms with Gasteiger partial charge in [0, 0.05) is 23.8 Å². The highest BCUT2D eigenvalue weighted by atomic mass is 15.2. The Morgan fingerprint density at radius 3 is 1.88 bits per heavy atom. The van der Waals surface area contributed by atoms with Crippen molar-refractivity contribution in [1.29, 1.82) is 0 Å². The van der Waals surface area contributed by atoms with Crippen molar-refractivity contribution in [2.24, 2.45) is 5.73 Å². The molecule has 0 unspecified atom stereocenters. The van der Waals surface area contributed by atoms with Gasteiger partial charge in [-0.05, 0) is 50.7 Å². The van der Waals surface area contributed by atoms with Gasteiger partial charge in [-0.3, -0.25) is 0 Å². The minimum absolute atomic E-state index is 0.447. The summed E-state index contributed by atoms with van der Waals surface area (Å²) in [5.74, 6) is 0. The summed E-state index contributed by atoms with van der Waals surface area (Å²) in [7, 11) is 0. The van der Waals surface area contributed by atoms with Gasteiger partial charge in [-0.15, -0.1) is 0 Å². The molecule has 2 aliphatic carbocycles. The standard InChI is InChI=1S/C15H22N2/c16-12-6-8-14(9-7-12)17(15-10-11-15)13-4-2-1-3-5-13/h1-5,12,14-15H,6-11,16H2/t12-,14-. The van der Waals surface area contributed by atoms with Gasteiger partial charge in [-0.1, -0.05) is 18.2 Å². The van der Waals surface area contributed by atoms with Gasteiger partial charge in [-0.2, -0.15) is 0 Å². The molecule has 2 heteroatoms. The maximum Gasteiger partial charge on any atom is 0.0371 e. The molecule has 0 spiro atoms. The maximum atomic E-state index is 6.01. The summed E-state index contributed by atoms with van der Waals surface area (Å²) in [5, 5.41) is 0. The second kappa shape index (κ2) is 4.69. The lowest BCUT2D eigenvalue weighted by Gasteiger charge is -2.38. The zero-order valence-corrected chi connectivity index (χ0v) is 10.4. The van der Waals surface area contributed by atoms with Crippen molar-refractivity contribution < 1.29 is 0 Å². The van der Waals surface area contributed by atoms with Crippen molar-refractivity contribution >= 4 is 5.69 Å². The second-order valence-electron chi connectivity index (χ2n) is 5.54. The first-order chi connectivity index (χ1) is 8.34. The van der Waals surface area contributed by atoms with Crippen molar-refractivity contribution in [3.8, 4) is 0 Å². The molecule has 0 atom stereocenters. The molecule has 2 N–H and O–H groups in total. The van der Waals surface area contributed by atoms with Crippen molar-refractivity contribution in [3.05, 3.63) is 30.3 Å². The van der Waals surface area contributed by atoms with Crippen LogP contribution in [0, 0.1) is 0 Å². The fourth-order valence-corrected chi connectivity index (χ4v) is 3.05. The Morgan fingerprint density at radius 1 is 0.824 bits per heavy atom. The SMILES string of the molecule is N[C@H]1CC[C@H](N(c2ccccc2)C2CC2)CC1. The first kappa shape index (κ1) is 11.1. The van der Waals surface area contributed by atoms with E-state index in [1.807, 2.05) is 0 Å². The van der Waals surface area contributed by atoms with E-state index in [0.717, 1.165) is 12.1 Å². The number of rotatable bonds is 3. The second-order valence-corrected chi connectivity index (χ2v) is 5.54. The molecule has 1 aromatic carbocycles. The molecule has 3 rings (SSSR count). The van der Waals surface area contributed by atoms with E-state index in [4.69, 9.17) is 5.73 Å². The molecule has 0 bridgehead atoms. The molecule has 0 radical (unpaired) electrons. The maximum absolute atomic E-state index is 6.01. The van der Waals surface area contributed by atoms with Gasteiger partial charge < -0.3 is 10.6 Å². The predicted molar refractivity (Wildman–Crippen MR) is 72.2 cm³/mol. The van der Waals surface area contributed by atoms with Crippen LogP contribution in [-0.4, -0.2) is 18.1 Å². The molecule has 92 valence electrons. The Morgan fingerprint density at radius 2 is 1.35 bits per heavy atom. The van der Waals surface area contributed by atoms with Gasteiger partial charge in [-0.25, -0.2) is 0 Å². The van der Waals surface area contributed by atoms with E-state index in [1.54, 1.807) is 0 Å². The number of nitrogens with two attached hydrogens (primary N) is 1. The van der Waals surface area contributed by atoms with Crippen LogP contribution in [0.25, 0.3) is 0 Å². The molecule has 0 amide bonds. The van der Waals surface area contributed by atoms with E-state index in [9.17, 15) is 0 Å². The molecule has 1 aromatic rings. The molecule has 2 nitrogen and oxygen atoms in total. The Kier molecular flexibility index (Phi) is 3.06. The summed E-state index contributed by atoms with van der Waals surface area (Å²) in [6.45, 7) is 0. The van der Waals surface area contributed by atoms with Gasteiger partial charge in [0.1, 0.15) is 0 Å². The lowest BCUT2D eigenvalue weighted by molar-refractivity contribution is 0.374. The largest absolute Gasteiger partial charge is 0.366 e. The monoisotopic (exact) mass is 230 g/mol. The number of hydrogen-bond donors (Lipinski definition) is 1. The molecule has 0 heterocycles. The van der Waals surface area contributed by atoms with E-state index < -0.39 is 0 Å². The Bertz CT molecular complexity index is 350. The minimum atomic E-state index is 0.447. The van der Waals surface area contributed by atoms with E-state index in [1.165, 1.54) is 44.2 Å². The van der Waals surface area contributed by atoms with E-state index in [0.29, 0.717) is 6.04 Å². The fourth-order valence-electron chi connectivity index (χ4n) is 3.05. The van der Waals surface area contributed by atoms with Crippen LogP contribution in [0.1, 0.15) is 38.5 Å². The van der Waals surface area contributed by atoms with Gasteiger partial charge in [0.25, 0.3) is 0 Å². The first-order valence-corrected chi connectivity index (χ1v) is 6.93. The van der Waals surface area contributed by atoms with Crippen molar-refractivity contribution in [1.82, 2.24) is 0 Å². The molecule has 2 fully saturated rings. The molecule has 0 aliphatic heterocycles. The van der Waals surface area contributed by atoms with Crippen LogP contribution in [0.5, 0.6) is 0 Å². The summed E-state index contributed by atoms with van der Waals surface area (Å²) < 4.78 is 0. The summed E-state index contributed by atoms with van der Waals surface area (Å²) >= 11 is 0. The Labute approximate surface area is 104 Å². The average molecular weight is 230 g/mol. The number of nitrogens with zero attached hydrogens (tertiary/aromatic N) is 1. The summed E-state index contributed by atoms with van der Waals surface area (Å²) in [5.41, 5.74) is 7.42. The quantitative estimate of drug-likeness (QED) is 0.865. The van der Waals surface area contributed by atoms with Gasteiger partial charge in [0.2, 0.25) is 0 Å². The summed E-state index contributed by atoms with van der Waals surface area (Å²) in [6.07, 6.45) is 7.68. The van der Waals surface area contributed by atoms with E-state index in [2.05, 4.69) is 35.2 Å². The molecular weight excluding hydrogens is 208 g/mol. The highest BCUT2D eigenvalue weighted by Crippen LogP contribution is 2.37. The molecular formula is C15H22N2. The Balaban J connectivity index is 1.76. The molecule has 0 saturated heterocycles. The molecule has 0 aromatic heterocycles. The third kappa shape index (κ3) is 2.47. The average Bonchev–Trinajstić information content (AvgIpc) is 3.18. The number of hydrogen-bond acceptors (Lipinski definition) is 2. The third-order valence-corrected chi connectivity index (χ3v) is 4.13. The third-order valence-electron chi connectivity index (χ3n) is 4.13.